The molecule has 0 saturated heterocycles. The van der Waals surface area contributed by atoms with E-state index in [9.17, 15) is 4.79 Å². The van der Waals surface area contributed by atoms with Gasteiger partial charge in [-0.1, -0.05) is 47.7 Å². The molecule has 0 radical (unpaired) electrons. The Morgan fingerprint density at radius 2 is 1.79 bits per heavy atom. The molecule has 1 N–H and O–H groups in total. The van der Waals surface area contributed by atoms with Crippen molar-refractivity contribution in [3.63, 3.8) is 0 Å². The number of carbonyl (C=O) groups excluding carboxylic acids is 1. The average Bonchev–Trinajstić information content (AvgIpc) is 3.48. The fraction of sp³-hybridized carbons (Fsp3) is 0.125. The molecule has 0 saturated carbocycles. The Morgan fingerprint density at radius 3 is 2.61 bits per heavy atom. The van der Waals surface area contributed by atoms with E-state index in [2.05, 4.69) is 20.4 Å². The number of amides is 1. The van der Waals surface area contributed by atoms with Gasteiger partial charge in [0.2, 0.25) is 0 Å². The Bertz CT molecular complexity index is 1450. The second-order valence-corrected chi connectivity index (χ2v) is 8.79. The number of anilines is 2. The minimum absolute atomic E-state index is 0.0509. The van der Waals surface area contributed by atoms with Crippen molar-refractivity contribution in [1.29, 1.82) is 0 Å². The van der Waals surface area contributed by atoms with Crippen molar-refractivity contribution in [2.75, 3.05) is 11.9 Å². The van der Waals surface area contributed by atoms with Gasteiger partial charge in [-0.2, -0.15) is 5.10 Å². The van der Waals surface area contributed by atoms with E-state index < -0.39 is 0 Å². The van der Waals surface area contributed by atoms with Gasteiger partial charge in [-0.3, -0.25) is 4.79 Å². The van der Waals surface area contributed by atoms with E-state index in [0.717, 1.165) is 38.8 Å². The molecule has 5 aromatic rings. The summed E-state index contributed by atoms with van der Waals surface area (Å²) in [5.41, 5.74) is 3.40. The maximum Gasteiger partial charge on any atom is 0.254 e. The molecule has 0 atom stereocenters. The molecule has 1 aliphatic rings. The zero-order valence-corrected chi connectivity index (χ0v) is 18.4. The van der Waals surface area contributed by atoms with Gasteiger partial charge in [0.1, 0.15) is 12.1 Å². The van der Waals surface area contributed by atoms with E-state index in [-0.39, 0.29) is 5.91 Å². The highest BCUT2D eigenvalue weighted by atomic mass is 32.1. The second-order valence-electron chi connectivity index (χ2n) is 7.71. The zero-order valence-electron chi connectivity index (χ0n) is 17.5. The molecule has 0 unspecified atom stereocenters. The molecule has 2 aromatic carbocycles. The normalized spacial score (nSPS) is 13.2. The van der Waals surface area contributed by atoms with Crippen LogP contribution in [0.25, 0.3) is 16.7 Å². The average molecular weight is 454 g/mol. The quantitative estimate of drug-likeness (QED) is 0.438. The van der Waals surface area contributed by atoms with Gasteiger partial charge in [0, 0.05) is 23.4 Å². The van der Waals surface area contributed by atoms with Crippen molar-refractivity contribution in [3.05, 3.63) is 89.3 Å². The lowest BCUT2D eigenvalue weighted by Gasteiger charge is -2.26. The van der Waals surface area contributed by atoms with Gasteiger partial charge in [0.25, 0.3) is 5.91 Å². The molecule has 33 heavy (non-hydrogen) atoms. The Hall–Kier alpha value is -4.11. The van der Waals surface area contributed by atoms with Crippen molar-refractivity contribution in [3.8, 4) is 5.69 Å². The summed E-state index contributed by atoms with van der Waals surface area (Å²) in [5.74, 6) is 0.709. The van der Waals surface area contributed by atoms with E-state index in [1.54, 1.807) is 22.2 Å². The lowest BCUT2D eigenvalue weighted by atomic mass is 10.1. The molecule has 1 amide bonds. The Morgan fingerprint density at radius 1 is 1.00 bits per heavy atom. The maximum absolute atomic E-state index is 12.8. The number of hydrogen-bond donors (Lipinski definition) is 1. The highest BCUT2D eigenvalue weighted by molar-refractivity contribution is 7.15. The van der Waals surface area contributed by atoms with Gasteiger partial charge in [-0.25, -0.2) is 19.6 Å². The molecule has 0 spiro atoms. The molecule has 162 valence electrons. The van der Waals surface area contributed by atoms with E-state index in [1.807, 2.05) is 65.6 Å². The summed E-state index contributed by atoms with van der Waals surface area (Å²) in [5, 5.41) is 9.41. The highest BCUT2D eigenvalue weighted by Gasteiger charge is 2.25. The van der Waals surface area contributed by atoms with Crippen molar-refractivity contribution in [2.45, 2.75) is 13.0 Å². The van der Waals surface area contributed by atoms with Gasteiger partial charge >= 0.3 is 0 Å². The van der Waals surface area contributed by atoms with Gasteiger partial charge in [-0.15, -0.1) is 0 Å². The molecular weight excluding hydrogens is 434 g/mol. The standard InChI is InChI=1S/C24H19N7OS/c32-23(16-7-3-1-4-8-16)30-12-11-19-20(14-30)33-24(28-19)29-21-18-13-27-31(22(18)26-15-25-21)17-9-5-2-6-10-17/h1-10,13,15H,11-12,14H2,(H,25,26,28,29). The number of para-hydroxylation sites is 1. The van der Waals surface area contributed by atoms with E-state index in [0.29, 0.717) is 24.5 Å². The Balaban J connectivity index is 1.25. The SMILES string of the molecule is O=C(c1ccccc1)N1CCc2nc(Nc3ncnc4c3cnn4-c3ccccc3)sc2C1. The van der Waals surface area contributed by atoms with Crippen LogP contribution in [0.3, 0.4) is 0 Å². The number of carbonyl (C=O) groups is 1. The summed E-state index contributed by atoms with van der Waals surface area (Å²) in [7, 11) is 0. The van der Waals surface area contributed by atoms with E-state index in [4.69, 9.17) is 4.98 Å². The number of hydrogen-bond acceptors (Lipinski definition) is 7. The molecule has 0 fully saturated rings. The molecule has 0 bridgehead atoms. The molecule has 9 heteroatoms. The first-order valence-electron chi connectivity index (χ1n) is 10.6. The fourth-order valence-electron chi connectivity index (χ4n) is 3.99. The van der Waals surface area contributed by atoms with Crippen molar-refractivity contribution >= 4 is 39.2 Å². The topological polar surface area (TPSA) is 88.8 Å². The number of aromatic nitrogens is 5. The van der Waals surface area contributed by atoms with Gasteiger partial charge in [0.05, 0.1) is 29.5 Å². The third-order valence-corrected chi connectivity index (χ3v) is 6.63. The molecule has 1 aliphatic heterocycles. The third-order valence-electron chi connectivity index (χ3n) is 5.63. The van der Waals surface area contributed by atoms with Crippen LogP contribution in [0, 0.1) is 0 Å². The van der Waals surface area contributed by atoms with Crippen LogP contribution in [0.5, 0.6) is 0 Å². The Labute approximate surface area is 193 Å². The van der Waals surface area contributed by atoms with Crippen LogP contribution >= 0.6 is 11.3 Å². The number of nitrogens with one attached hydrogen (secondary N) is 1. The smallest absolute Gasteiger partial charge is 0.254 e. The van der Waals surface area contributed by atoms with E-state index >= 15 is 0 Å². The molecule has 4 heterocycles. The van der Waals surface area contributed by atoms with E-state index in [1.165, 1.54) is 6.33 Å². The minimum Gasteiger partial charge on any atom is -0.333 e. The highest BCUT2D eigenvalue weighted by Crippen LogP contribution is 2.32. The molecule has 0 aliphatic carbocycles. The number of benzene rings is 2. The lowest BCUT2D eigenvalue weighted by Crippen LogP contribution is -2.35. The summed E-state index contributed by atoms with van der Waals surface area (Å²) in [6.45, 7) is 1.22. The van der Waals surface area contributed by atoms with Gasteiger partial charge < -0.3 is 10.2 Å². The monoisotopic (exact) mass is 453 g/mol. The summed E-state index contributed by atoms with van der Waals surface area (Å²) >= 11 is 1.55. The Kier molecular flexibility index (Phi) is 4.80. The van der Waals surface area contributed by atoms with Crippen LogP contribution in [0.1, 0.15) is 20.9 Å². The number of rotatable bonds is 4. The fourth-order valence-corrected chi connectivity index (χ4v) is 5.01. The van der Waals surface area contributed by atoms with Crippen molar-refractivity contribution < 1.29 is 4.79 Å². The summed E-state index contributed by atoms with van der Waals surface area (Å²) < 4.78 is 1.79. The minimum atomic E-state index is 0.0509. The largest absolute Gasteiger partial charge is 0.333 e. The third kappa shape index (κ3) is 3.62. The molecular formula is C24H19N7OS. The summed E-state index contributed by atoms with van der Waals surface area (Å²) in [4.78, 5) is 29.4. The van der Waals surface area contributed by atoms with Crippen molar-refractivity contribution in [1.82, 2.24) is 29.6 Å². The molecule has 3 aromatic heterocycles. The molecule has 8 nitrogen and oxygen atoms in total. The van der Waals surface area contributed by atoms with Crippen molar-refractivity contribution in [2.24, 2.45) is 0 Å². The van der Waals surface area contributed by atoms with Crippen LogP contribution < -0.4 is 5.32 Å². The predicted molar refractivity (Wildman–Crippen MR) is 127 cm³/mol. The second kappa shape index (κ2) is 8.10. The first-order valence-corrected chi connectivity index (χ1v) is 11.4. The lowest BCUT2D eigenvalue weighted by molar-refractivity contribution is 0.0736. The number of thiazole rings is 1. The van der Waals surface area contributed by atoms with Gasteiger partial charge in [-0.05, 0) is 24.3 Å². The van der Waals surface area contributed by atoms with Crippen LogP contribution in [0.2, 0.25) is 0 Å². The van der Waals surface area contributed by atoms with Crippen LogP contribution in [0.4, 0.5) is 10.9 Å². The van der Waals surface area contributed by atoms with Crippen LogP contribution in [-0.2, 0) is 13.0 Å². The van der Waals surface area contributed by atoms with Gasteiger partial charge in [0.15, 0.2) is 10.8 Å². The first kappa shape index (κ1) is 19.6. The summed E-state index contributed by atoms with van der Waals surface area (Å²) in [6.07, 6.45) is 4.02. The maximum atomic E-state index is 12.8. The predicted octanol–water partition coefficient (Wildman–Crippen LogP) is 4.21. The number of nitrogens with zero attached hydrogens (tertiary/aromatic N) is 6. The first-order chi connectivity index (χ1) is 16.3. The van der Waals surface area contributed by atoms with Crippen LogP contribution in [-0.4, -0.2) is 42.1 Å². The van der Waals surface area contributed by atoms with Crippen LogP contribution in [0.15, 0.2) is 73.2 Å². The summed E-state index contributed by atoms with van der Waals surface area (Å²) in [6, 6.07) is 19.3. The zero-order chi connectivity index (χ0) is 22.2. The molecule has 6 rings (SSSR count). The number of fused-ring (bicyclic) bond motifs is 2.